The topological polar surface area (TPSA) is 67.4 Å². The summed E-state index contributed by atoms with van der Waals surface area (Å²) in [5.74, 6) is 3.96. The van der Waals surface area contributed by atoms with Crippen molar-refractivity contribution in [1.29, 1.82) is 0 Å². The monoisotopic (exact) mass is 939 g/mol. The number of halogens is 2. The molecule has 306 valence electrons. The van der Waals surface area contributed by atoms with Crippen LogP contribution in [0.5, 0.6) is 34.5 Å². The zero-order valence-electron chi connectivity index (χ0n) is 35.0. The van der Waals surface area contributed by atoms with Crippen LogP contribution in [0, 0.1) is 27.7 Å². The van der Waals surface area contributed by atoms with Gasteiger partial charge in [0.05, 0.1) is 53.7 Å². The minimum atomic E-state index is 0.0176. The van der Waals surface area contributed by atoms with Crippen LogP contribution in [0.15, 0.2) is 69.6 Å². The lowest BCUT2D eigenvalue weighted by molar-refractivity contribution is 0.323. The van der Waals surface area contributed by atoms with Crippen LogP contribution in [-0.2, 0) is 0 Å². The molecule has 0 aromatic heterocycles. The van der Waals surface area contributed by atoms with Gasteiger partial charge in [-0.1, -0.05) is 74.7 Å². The lowest BCUT2D eigenvalue weighted by Crippen LogP contribution is -2.25. The van der Waals surface area contributed by atoms with Crippen LogP contribution < -0.4 is 33.7 Å². The van der Waals surface area contributed by atoms with E-state index in [1.807, 2.05) is 42.5 Å². The van der Waals surface area contributed by atoms with Gasteiger partial charge >= 0.3 is 0 Å². The van der Waals surface area contributed by atoms with Crippen LogP contribution in [0.4, 0.5) is 0 Å². The highest BCUT2D eigenvalue weighted by Gasteiger charge is 2.19. The van der Waals surface area contributed by atoms with E-state index in [-0.39, 0.29) is 12.0 Å². The Balaban J connectivity index is 0.000000306. The molecule has 0 bridgehead atoms. The van der Waals surface area contributed by atoms with E-state index in [0.29, 0.717) is 39.5 Å². The van der Waals surface area contributed by atoms with E-state index in [0.717, 1.165) is 48.9 Å². The smallest absolute Gasteiger partial charge is 0.203 e. The molecule has 0 aliphatic rings. The molecule has 0 aliphatic carbocycles. The Morgan fingerprint density at radius 3 is 1.42 bits per heavy atom. The van der Waals surface area contributed by atoms with Crippen LogP contribution in [0.25, 0.3) is 12.2 Å². The summed E-state index contributed by atoms with van der Waals surface area (Å²) in [5, 5.41) is 3.42. The summed E-state index contributed by atoms with van der Waals surface area (Å²) in [6, 6.07) is 16.3. The molecular weight excluding hydrogens is 886 g/mol. The highest BCUT2D eigenvalue weighted by Crippen LogP contribution is 2.42. The van der Waals surface area contributed by atoms with Crippen molar-refractivity contribution in [2.24, 2.45) is 0 Å². The van der Waals surface area contributed by atoms with Crippen LogP contribution in [-0.4, -0.2) is 52.5 Å². The third kappa shape index (κ3) is 12.5. The van der Waals surface area contributed by atoms with E-state index in [2.05, 4.69) is 109 Å². The molecule has 7 nitrogen and oxygen atoms in total. The first-order valence-corrected chi connectivity index (χ1v) is 20.9. The average molecular weight is 942 g/mol. The molecule has 4 aromatic rings. The molecule has 2 unspecified atom stereocenters. The largest absolute Gasteiger partial charge is 0.493 e. The first kappa shape index (κ1) is 47.5. The number of ether oxygens (including phenoxy) is 6. The summed E-state index contributed by atoms with van der Waals surface area (Å²) < 4.78 is 34.9. The van der Waals surface area contributed by atoms with E-state index >= 15 is 0 Å². The summed E-state index contributed by atoms with van der Waals surface area (Å²) >= 11 is 18.5. The molecule has 1 N–H and O–H groups in total. The second kappa shape index (κ2) is 22.9. The average Bonchev–Trinajstić information content (AvgIpc) is 3.22. The van der Waals surface area contributed by atoms with Crippen LogP contribution in [0.1, 0.15) is 83.2 Å². The van der Waals surface area contributed by atoms with Crippen LogP contribution in [0.3, 0.4) is 0 Å². The third-order valence-electron chi connectivity index (χ3n) is 9.81. The van der Waals surface area contributed by atoms with Crippen molar-refractivity contribution in [3.05, 3.63) is 114 Å². The van der Waals surface area contributed by atoms with Gasteiger partial charge in [-0.25, -0.2) is 0 Å². The molecule has 57 heavy (non-hydrogen) atoms. The fraction of sp³-hybridized carbons (Fsp3) is 0.348. The van der Waals surface area contributed by atoms with E-state index < -0.39 is 0 Å². The van der Waals surface area contributed by atoms with Gasteiger partial charge in [-0.15, -0.1) is 0 Å². The van der Waals surface area contributed by atoms with Gasteiger partial charge in [-0.05, 0) is 159 Å². The van der Waals surface area contributed by atoms with Gasteiger partial charge in [0.2, 0.25) is 11.5 Å². The van der Waals surface area contributed by atoms with Crippen molar-refractivity contribution < 1.29 is 28.4 Å². The molecule has 0 fully saturated rings. The second-order valence-electron chi connectivity index (χ2n) is 13.4. The Morgan fingerprint density at radius 2 is 1.04 bits per heavy atom. The van der Waals surface area contributed by atoms with Crippen molar-refractivity contribution in [2.75, 3.05) is 42.7 Å². The fourth-order valence-electron chi connectivity index (χ4n) is 6.03. The van der Waals surface area contributed by atoms with Gasteiger partial charge in [-0.3, -0.25) is 0 Å². The van der Waals surface area contributed by atoms with Crippen LogP contribution >= 0.6 is 56.3 Å². The van der Waals surface area contributed by atoms with Crippen molar-refractivity contribution in [2.45, 2.75) is 66.3 Å². The second-order valence-corrected chi connectivity index (χ2v) is 16.0. The molecule has 0 heterocycles. The third-order valence-corrected chi connectivity index (χ3v) is 12.5. The van der Waals surface area contributed by atoms with Gasteiger partial charge < -0.3 is 33.7 Å². The zero-order valence-corrected chi connectivity index (χ0v) is 39.8. The lowest BCUT2D eigenvalue weighted by atomic mass is 9.95. The molecule has 0 spiro atoms. The number of hydrogen-bond acceptors (Lipinski definition) is 8. The molecule has 0 saturated heterocycles. The Hall–Kier alpha value is -3.90. The Morgan fingerprint density at radius 1 is 0.632 bits per heavy atom. The standard InChI is InChI=1S/C23H28BrNO3S.C23H27BrO3S/c1-7-18(17-12-19(26-4)23(28-6)20(13-17)27-5)25-21(29)11-10-16-9-8-14(2)15(3)22(16)24;1-14-7-8-17(22(24)16(14)3)9-10-19(28)11-15(2)18-12-20(25-4)23(27-6)21(13-18)26-5/h8-13,18H,7H2,1-6H3,(H,25,29);7-10,12-13,15H,11H2,1-6H3/b11-10+;10-9+. The molecular formula is C46H55Br2NO6S2. The maximum absolute atomic E-state index is 5.61. The van der Waals surface area contributed by atoms with E-state index in [1.165, 1.54) is 22.3 Å². The fourth-order valence-corrected chi connectivity index (χ4v) is 7.71. The van der Waals surface area contributed by atoms with E-state index in [4.69, 9.17) is 52.9 Å². The predicted octanol–water partition coefficient (Wildman–Crippen LogP) is 12.8. The summed E-state index contributed by atoms with van der Waals surface area (Å²) in [6.07, 6.45) is 9.63. The number of benzene rings is 4. The normalized spacial score (nSPS) is 12.0. The first-order valence-electron chi connectivity index (χ1n) is 18.5. The quantitative estimate of drug-likeness (QED) is 0.0874. The van der Waals surface area contributed by atoms with Gasteiger partial charge in [0.1, 0.15) is 0 Å². The van der Waals surface area contributed by atoms with Crippen LogP contribution in [0.2, 0.25) is 0 Å². The lowest BCUT2D eigenvalue weighted by Gasteiger charge is -2.21. The molecule has 0 aliphatic heterocycles. The Kier molecular flexibility index (Phi) is 19.1. The summed E-state index contributed by atoms with van der Waals surface area (Å²) in [4.78, 5) is 1.56. The molecule has 0 amide bonds. The molecule has 0 radical (unpaired) electrons. The molecule has 2 atom stereocenters. The van der Waals surface area contributed by atoms with E-state index in [9.17, 15) is 0 Å². The summed E-state index contributed by atoms with van der Waals surface area (Å²) in [5.41, 5.74) is 9.34. The number of nitrogens with one attached hydrogen (secondary N) is 1. The zero-order chi connectivity index (χ0) is 42.4. The minimum absolute atomic E-state index is 0.0176. The maximum Gasteiger partial charge on any atom is 0.203 e. The predicted molar refractivity (Wildman–Crippen MR) is 252 cm³/mol. The minimum Gasteiger partial charge on any atom is -0.493 e. The maximum atomic E-state index is 5.61. The number of hydrogen-bond donors (Lipinski definition) is 1. The SMILES string of the molecule is CCC(NC(=S)/C=C/c1ccc(C)c(C)c1Br)c1cc(OC)c(OC)c(OC)c1.COc1cc(C(C)CC(=S)/C=C/c2ccc(C)c(C)c2Br)cc(OC)c1OC. The van der Waals surface area contributed by atoms with Gasteiger partial charge in [0, 0.05) is 13.8 Å². The van der Waals surface area contributed by atoms with Crippen molar-refractivity contribution in [1.82, 2.24) is 5.32 Å². The van der Waals surface area contributed by atoms with Gasteiger partial charge in [0.15, 0.2) is 23.0 Å². The van der Waals surface area contributed by atoms with Crippen molar-refractivity contribution in [3.8, 4) is 34.5 Å². The summed E-state index contributed by atoms with van der Waals surface area (Å²) in [7, 11) is 9.68. The van der Waals surface area contributed by atoms with Crippen molar-refractivity contribution in [3.63, 3.8) is 0 Å². The Bertz CT molecular complexity index is 2050. The number of methoxy groups -OCH3 is 6. The van der Waals surface area contributed by atoms with Crippen molar-refractivity contribution >= 4 is 78.3 Å². The molecule has 4 aromatic carbocycles. The highest BCUT2D eigenvalue weighted by molar-refractivity contribution is 9.11. The molecule has 4 rings (SSSR count). The number of aryl methyl sites for hydroxylation is 2. The molecule has 11 heteroatoms. The first-order chi connectivity index (χ1) is 27.2. The number of allylic oxidation sites excluding steroid dienone is 1. The molecule has 0 saturated carbocycles. The Labute approximate surface area is 367 Å². The number of rotatable bonds is 16. The van der Waals surface area contributed by atoms with E-state index in [1.54, 1.807) is 42.7 Å². The van der Waals surface area contributed by atoms with Gasteiger partial charge in [-0.2, -0.15) is 0 Å². The summed E-state index contributed by atoms with van der Waals surface area (Å²) in [6.45, 7) is 12.7. The highest BCUT2D eigenvalue weighted by atomic mass is 79.9. The van der Waals surface area contributed by atoms with Gasteiger partial charge in [0.25, 0.3) is 0 Å². The number of thiocarbonyl (C=S) groups is 2.